The molecule has 2 heterocycles. The maximum atomic E-state index is 12.6. The second kappa shape index (κ2) is 7.83. The molecule has 5 nitrogen and oxygen atoms in total. The molecule has 1 amide bonds. The minimum atomic E-state index is 0.157. The molecule has 0 radical (unpaired) electrons. The summed E-state index contributed by atoms with van der Waals surface area (Å²) in [5.74, 6) is 1.05. The van der Waals surface area contributed by atoms with Crippen LogP contribution in [0.2, 0.25) is 0 Å². The summed E-state index contributed by atoms with van der Waals surface area (Å²) in [6, 6.07) is 12.8. The Balaban J connectivity index is 1.60. The Morgan fingerprint density at radius 3 is 2.48 bits per heavy atom. The third kappa shape index (κ3) is 4.28. The summed E-state index contributed by atoms with van der Waals surface area (Å²) < 4.78 is 0. The van der Waals surface area contributed by atoms with E-state index in [1.807, 2.05) is 18.0 Å². The van der Waals surface area contributed by atoms with Gasteiger partial charge in [-0.25, -0.2) is 0 Å². The van der Waals surface area contributed by atoms with E-state index in [1.165, 1.54) is 5.56 Å². The molecule has 0 bridgehead atoms. The van der Waals surface area contributed by atoms with E-state index in [-0.39, 0.29) is 11.9 Å². The van der Waals surface area contributed by atoms with Crippen LogP contribution in [0.4, 0.5) is 0 Å². The van der Waals surface area contributed by atoms with Gasteiger partial charge in [-0.15, -0.1) is 0 Å². The smallest absolute Gasteiger partial charge is 0.228 e. The molecule has 1 aliphatic rings. The van der Waals surface area contributed by atoms with Gasteiger partial charge in [0.15, 0.2) is 0 Å². The zero-order valence-corrected chi connectivity index (χ0v) is 15.4. The summed E-state index contributed by atoms with van der Waals surface area (Å²) >= 11 is 0. The van der Waals surface area contributed by atoms with Crippen molar-refractivity contribution in [1.82, 2.24) is 20.0 Å². The van der Waals surface area contributed by atoms with Crippen LogP contribution >= 0.6 is 0 Å². The lowest BCUT2D eigenvalue weighted by Gasteiger charge is -2.45. The highest BCUT2D eigenvalue weighted by Crippen LogP contribution is 2.27. The molecule has 1 fully saturated rings. The van der Waals surface area contributed by atoms with E-state index in [4.69, 9.17) is 0 Å². The second-order valence-corrected chi connectivity index (χ2v) is 7.39. The molecule has 2 aromatic rings. The van der Waals surface area contributed by atoms with Crippen molar-refractivity contribution in [1.29, 1.82) is 0 Å². The van der Waals surface area contributed by atoms with E-state index in [2.05, 4.69) is 59.3 Å². The summed E-state index contributed by atoms with van der Waals surface area (Å²) in [7, 11) is 1.95. The SMILES string of the molecule is C[C@H]1CN(Cc2ccccc2)C[C@H](C)C1N(C)C(=O)Cc1ccn[nH]1. The van der Waals surface area contributed by atoms with Crippen LogP contribution < -0.4 is 0 Å². The van der Waals surface area contributed by atoms with Crippen LogP contribution in [0, 0.1) is 11.8 Å². The van der Waals surface area contributed by atoms with Crippen LogP contribution in [0.15, 0.2) is 42.6 Å². The molecule has 2 atom stereocenters. The van der Waals surface area contributed by atoms with E-state index >= 15 is 0 Å². The van der Waals surface area contributed by atoms with Crippen molar-refractivity contribution in [3.63, 3.8) is 0 Å². The van der Waals surface area contributed by atoms with Crippen molar-refractivity contribution in [2.75, 3.05) is 20.1 Å². The zero-order valence-electron chi connectivity index (χ0n) is 15.4. The fraction of sp³-hybridized carbons (Fsp3) is 0.500. The predicted molar refractivity (Wildman–Crippen MR) is 98.9 cm³/mol. The molecule has 3 rings (SSSR count). The first-order valence-corrected chi connectivity index (χ1v) is 9.04. The number of aromatic nitrogens is 2. The lowest BCUT2D eigenvalue weighted by molar-refractivity contribution is -0.135. The molecule has 5 heteroatoms. The Morgan fingerprint density at radius 2 is 1.88 bits per heavy atom. The zero-order chi connectivity index (χ0) is 17.8. The topological polar surface area (TPSA) is 52.2 Å². The van der Waals surface area contributed by atoms with Crippen LogP contribution in [0.5, 0.6) is 0 Å². The monoisotopic (exact) mass is 340 g/mol. The summed E-state index contributed by atoms with van der Waals surface area (Å²) in [6.45, 7) is 7.54. The molecule has 134 valence electrons. The minimum absolute atomic E-state index is 0.157. The fourth-order valence-corrected chi connectivity index (χ4v) is 4.24. The Bertz CT molecular complexity index is 658. The number of hydrogen-bond acceptors (Lipinski definition) is 3. The van der Waals surface area contributed by atoms with Crippen molar-refractivity contribution in [2.45, 2.75) is 32.9 Å². The number of nitrogens with one attached hydrogen (secondary N) is 1. The average Bonchev–Trinajstić information content (AvgIpc) is 3.08. The molecular weight excluding hydrogens is 312 g/mol. The number of piperidine rings is 1. The van der Waals surface area contributed by atoms with Crippen LogP contribution in [0.1, 0.15) is 25.1 Å². The van der Waals surface area contributed by atoms with Crippen LogP contribution in [0.3, 0.4) is 0 Å². The minimum Gasteiger partial charge on any atom is -0.342 e. The van der Waals surface area contributed by atoms with Crippen molar-refractivity contribution < 1.29 is 4.79 Å². The third-order valence-corrected chi connectivity index (χ3v) is 5.25. The summed E-state index contributed by atoms with van der Waals surface area (Å²) in [6.07, 6.45) is 2.08. The molecule has 0 unspecified atom stereocenters. The number of hydrogen-bond donors (Lipinski definition) is 1. The van der Waals surface area contributed by atoms with E-state index in [0.717, 1.165) is 25.3 Å². The summed E-state index contributed by atoms with van der Waals surface area (Å²) in [4.78, 5) is 17.1. The maximum Gasteiger partial charge on any atom is 0.228 e. The Labute approximate surface area is 150 Å². The molecular formula is C20H28N4O. The number of aromatic amines is 1. The second-order valence-electron chi connectivity index (χ2n) is 7.39. The van der Waals surface area contributed by atoms with E-state index in [9.17, 15) is 4.79 Å². The molecule has 1 aromatic carbocycles. The number of carbonyl (C=O) groups excluding carboxylic acids is 1. The van der Waals surface area contributed by atoms with E-state index in [0.29, 0.717) is 18.3 Å². The van der Waals surface area contributed by atoms with Gasteiger partial charge in [0.25, 0.3) is 0 Å². The van der Waals surface area contributed by atoms with Gasteiger partial charge in [0, 0.05) is 44.6 Å². The van der Waals surface area contributed by atoms with Crippen LogP contribution in [-0.2, 0) is 17.8 Å². The highest BCUT2D eigenvalue weighted by Gasteiger charge is 2.36. The Hall–Kier alpha value is -2.14. The molecule has 1 saturated heterocycles. The van der Waals surface area contributed by atoms with Crippen LogP contribution in [-0.4, -0.2) is 52.1 Å². The van der Waals surface area contributed by atoms with Gasteiger partial charge in [-0.3, -0.25) is 14.8 Å². The lowest BCUT2D eigenvalue weighted by Crippen LogP contribution is -2.55. The number of rotatable bonds is 5. The third-order valence-electron chi connectivity index (χ3n) is 5.25. The van der Waals surface area contributed by atoms with Crippen molar-refractivity contribution in [3.05, 3.63) is 53.9 Å². The number of amides is 1. The average molecular weight is 340 g/mol. The number of likely N-dealkylation sites (tertiary alicyclic amines) is 1. The van der Waals surface area contributed by atoms with Gasteiger partial charge >= 0.3 is 0 Å². The standard InChI is InChI=1S/C20H28N4O/c1-15-12-24(14-17-7-5-4-6-8-17)13-16(2)20(15)23(3)19(25)11-18-9-10-21-22-18/h4-10,15-16,20H,11-14H2,1-3H3,(H,21,22)/t15-,16-/m0/s1. The first-order valence-electron chi connectivity index (χ1n) is 9.04. The van der Waals surface area contributed by atoms with E-state index in [1.54, 1.807) is 6.20 Å². The Morgan fingerprint density at radius 1 is 1.20 bits per heavy atom. The van der Waals surface area contributed by atoms with Gasteiger partial charge in [0.05, 0.1) is 6.42 Å². The quantitative estimate of drug-likeness (QED) is 0.910. The van der Waals surface area contributed by atoms with Gasteiger partial charge in [-0.1, -0.05) is 44.2 Å². The van der Waals surface area contributed by atoms with Crippen molar-refractivity contribution in [2.24, 2.45) is 11.8 Å². The maximum absolute atomic E-state index is 12.6. The largest absolute Gasteiger partial charge is 0.342 e. The molecule has 0 aliphatic carbocycles. The lowest BCUT2D eigenvalue weighted by atomic mass is 9.84. The molecule has 25 heavy (non-hydrogen) atoms. The highest BCUT2D eigenvalue weighted by atomic mass is 16.2. The van der Waals surface area contributed by atoms with Crippen LogP contribution in [0.25, 0.3) is 0 Å². The normalized spacial score (nSPS) is 22.0. The van der Waals surface area contributed by atoms with Crippen molar-refractivity contribution in [3.8, 4) is 0 Å². The first-order chi connectivity index (χ1) is 12.0. The van der Waals surface area contributed by atoms with Gasteiger partial charge < -0.3 is 4.90 Å². The summed E-state index contributed by atoms with van der Waals surface area (Å²) in [5, 5.41) is 6.80. The van der Waals surface area contributed by atoms with E-state index < -0.39 is 0 Å². The van der Waals surface area contributed by atoms with Gasteiger partial charge in [-0.05, 0) is 23.5 Å². The van der Waals surface area contributed by atoms with Gasteiger partial charge in [-0.2, -0.15) is 5.10 Å². The van der Waals surface area contributed by atoms with Crippen molar-refractivity contribution >= 4 is 5.91 Å². The number of benzene rings is 1. The van der Waals surface area contributed by atoms with Gasteiger partial charge in [0.1, 0.15) is 0 Å². The molecule has 0 saturated carbocycles. The number of H-pyrrole nitrogens is 1. The molecule has 0 spiro atoms. The number of carbonyl (C=O) groups is 1. The predicted octanol–water partition coefficient (Wildman–Crippen LogP) is 2.57. The first kappa shape index (κ1) is 17.7. The molecule has 1 aliphatic heterocycles. The fourth-order valence-electron chi connectivity index (χ4n) is 4.24. The summed E-state index contributed by atoms with van der Waals surface area (Å²) in [5.41, 5.74) is 2.22. The highest BCUT2D eigenvalue weighted by molar-refractivity contribution is 5.78. The number of nitrogens with zero attached hydrogens (tertiary/aromatic N) is 3. The molecule has 1 N–H and O–H groups in total. The number of likely N-dealkylation sites (N-methyl/N-ethyl adjacent to an activating group) is 1. The Kier molecular flexibility index (Phi) is 5.53. The van der Waals surface area contributed by atoms with Gasteiger partial charge in [0.2, 0.25) is 5.91 Å². The molecule has 1 aromatic heterocycles.